The normalized spacial score (nSPS) is 18.5. The van der Waals surface area contributed by atoms with Crippen molar-refractivity contribution < 1.29 is 9.67 Å². The van der Waals surface area contributed by atoms with E-state index in [9.17, 15) is 5.11 Å². The van der Waals surface area contributed by atoms with Gasteiger partial charge in [-0.1, -0.05) is 44.2 Å². The zero-order chi connectivity index (χ0) is 13.9. The van der Waals surface area contributed by atoms with Gasteiger partial charge in [-0.05, 0) is 31.4 Å². The minimum Gasteiger partial charge on any atom is -0.381 e. The van der Waals surface area contributed by atoms with Crippen LogP contribution in [0.2, 0.25) is 0 Å². The van der Waals surface area contributed by atoms with Gasteiger partial charge in [0.1, 0.15) is 0 Å². The number of benzene rings is 1. The number of aromatic amines is 1. The highest BCUT2D eigenvalue weighted by atomic mass is 16.3. The zero-order valence-corrected chi connectivity index (χ0v) is 12.3. The van der Waals surface area contributed by atoms with Gasteiger partial charge in [-0.25, -0.2) is 9.55 Å². The number of hydrogen-bond donors (Lipinski definition) is 2. The average molecular weight is 273 g/mol. The van der Waals surface area contributed by atoms with E-state index in [1.165, 1.54) is 44.0 Å². The van der Waals surface area contributed by atoms with Crippen molar-refractivity contribution in [3.05, 3.63) is 30.1 Å². The number of para-hydroxylation sites is 2. The number of nitrogens with one attached hydrogen (secondary N) is 1. The number of aromatic nitrogens is 2. The Bertz CT molecular complexity index is 567. The predicted octanol–water partition coefficient (Wildman–Crippen LogP) is 3.48. The molecule has 0 bridgehead atoms. The molecule has 3 rings (SSSR count). The number of hydrogen-bond acceptors (Lipinski definition) is 1. The van der Waals surface area contributed by atoms with Gasteiger partial charge >= 0.3 is 0 Å². The standard InChI is InChI=1S/C17H24N2O/c1-13(20)17-18-15-9-5-6-10-16(15)19(17)12-11-14-7-3-2-4-8-14/h5-6,9-10,13-14,20H,2-4,7-8,11-12H2,1H3/p+1. The Kier molecular flexibility index (Phi) is 4.06. The van der Waals surface area contributed by atoms with E-state index in [0.29, 0.717) is 0 Å². The van der Waals surface area contributed by atoms with Crippen LogP contribution < -0.4 is 4.57 Å². The molecule has 0 amide bonds. The van der Waals surface area contributed by atoms with E-state index in [-0.39, 0.29) is 0 Å². The molecule has 1 aromatic heterocycles. The van der Waals surface area contributed by atoms with E-state index in [4.69, 9.17) is 0 Å². The molecular formula is C17H25N2O+. The smallest absolute Gasteiger partial charge is 0.284 e. The van der Waals surface area contributed by atoms with E-state index in [2.05, 4.69) is 27.8 Å². The fourth-order valence-corrected chi connectivity index (χ4v) is 3.51. The fraction of sp³-hybridized carbons (Fsp3) is 0.588. The third-order valence-electron chi connectivity index (χ3n) is 4.63. The Morgan fingerprint density at radius 3 is 2.75 bits per heavy atom. The van der Waals surface area contributed by atoms with Crippen molar-refractivity contribution in [3.63, 3.8) is 0 Å². The van der Waals surface area contributed by atoms with Crippen LogP contribution in [-0.4, -0.2) is 10.1 Å². The summed E-state index contributed by atoms with van der Waals surface area (Å²) in [5.74, 6) is 1.80. The van der Waals surface area contributed by atoms with Crippen LogP contribution >= 0.6 is 0 Å². The molecule has 0 radical (unpaired) electrons. The van der Waals surface area contributed by atoms with Gasteiger partial charge in [0.25, 0.3) is 5.82 Å². The molecule has 3 heteroatoms. The Morgan fingerprint density at radius 2 is 2.00 bits per heavy atom. The second kappa shape index (κ2) is 5.96. The number of imidazole rings is 1. The maximum absolute atomic E-state index is 9.99. The molecule has 1 aliphatic carbocycles. The van der Waals surface area contributed by atoms with Gasteiger partial charge in [0.2, 0.25) is 0 Å². The van der Waals surface area contributed by atoms with E-state index in [1.807, 2.05) is 13.0 Å². The van der Waals surface area contributed by atoms with Crippen molar-refractivity contribution in [3.8, 4) is 0 Å². The van der Waals surface area contributed by atoms with Gasteiger partial charge < -0.3 is 5.11 Å². The lowest BCUT2D eigenvalue weighted by Gasteiger charge is -2.20. The number of aliphatic hydroxyl groups is 1. The van der Waals surface area contributed by atoms with Gasteiger partial charge in [-0.2, -0.15) is 0 Å². The van der Waals surface area contributed by atoms with Crippen molar-refractivity contribution >= 4 is 11.0 Å². The summed E-state index contributed by atoms with van der Waals surface area (Å²) in [6.07, 6.45) is 7.74. The average Bonchev–Trinajstić information content (AvgIpc) is 2.85. The monoisotopic (exact) mass is 273 g/mol. The van der Waals surface area contributed by atoms with Gasteiger partial charge in [-0.3, -0.25) is 0 Å². The summed E-state index contributed by atoms with van der Waals surface area (Å²) in [5, 5.41) is 9.99. The summed E-state index contributed by atoms with van der Waals surface area (Å²) in [7, 11) is 0. The molecule has 0 spiro atoms. The molecule has 2 aromatic rings. The number of aryl methyl sites for hydroxylation is 1. The van der Waals surface area contributed by atoms with Crippen molar-refractivity contribution in [1.29, 1.82) is 0 Å². The van der Waals surface area contributed by atoms with Crippen molar-refractivity contribution in [2.75, 3.05) is 0 Å². The number of rotatable bonds is 4. The second-order valence-corrected chi connectivity index (χ2v) is 6.15. The molecule has 0 aliphatic heterocycles. The minimum atomic E-state index is -0.450. The van der Waals surface area contributed by atoms with Crippen LogP contribution in [0.1, 0.15) is 57.4 Å². The summed E-state index contributed by atoms with van der Waals surface area (Å²) in [5.41, 5.74) is 2.33. The summed E-state index contributed by atoms with van der Waals surface area (Å²) < 4.78 is 2.27. The molecule has 1 aromatic carbocycles. The second-order valence-electron chi connectivity index (χ2n) is 6.15. The maximum atomic E-state index is 9.99. The molecule has 1 atom stereocenters. The van der Waals surface area contributed by atoms with Crippen LogP contribution in [0, 0.1) is 5.92 Å². The third kappa shape index (κ3) is 2.73. The highest BCUT2D eigenvalue weighted by Crippen LogP contribution is 2.26. The molecular weight excluding hydrogens is 248 g/mol. The first kappa shape index (κ1) is 13.6. The van der Waals surface area contributed by atoms with Crippen molar-refractivity contribution in [2.24, 2.45) is 5.92 Å². The first-order chi connectivity index (χ1) is 9.75. The van der Waals surface area contributed by atoms with Crippen LogP contribution in [-0.2, 0) is 6.54 Å². The Balaban J connectivity index is 1.83. The minimum absolute atomic E-state index is 0.450. The lowest BCUT2D eigenvalue weighted by atomic mass is 9.87. The molecule has 1 aliphatic rings. The van der Waals surface area contributed by atoms with Crippen LogP contribution in [0.25, 0.3) is 11.0 Å². The van der Waals surface area contributed by atoms with E-state index >= 15 is 0 Å². The van der Waals surface area contributed by atoms with Gasteiger partial charge in [-0.15, -0.1) is 0 Å². The Morgan fingerprint density at radius 1 is 1.25 bits per heavy atom. The molecule has 108 valence electrons. The quantitative estimate of drug-likeness (QED) is 0.823. The van der Waals surface area contributed by atoms with Gasteiger partial charge in [0, 0.05) is 0 Å². The first-order valence-electron chi connectivity index (χ1n) is 7.94. The van der Waals surface area contributed by atoms with Gasteiger partial charge in [0.05, 0.1) is 6.54 Å². The summed E-state index contributed by atoms with van der Waals surface area (Å²) in [6.45, 7) is 2.84. The molecule has 1 unspecified atom stereocenters. The third-order valence-corrected chi connectivity index (χ3v) is 4.63. The summed E-state index contributed by atoms with van der Waals surface area (Å²) in [6, 6.07) is 8.33. The number of fused-ring (bicyclic) bond motifs is 1. The fourth-order valence-electron chi connectivity index (χ4n) is 3.51. The largest absolute Gasteiger partial charge is 0.381 e. The van der Waals surface area contributed by atoms with Crippen molar-refractivity contribution in [2.45, 2.75) is 58.1 Å². The topological polar surface area (TPSA) is 39.9 Å². The number of aliphatic hydroxyl groups excluding tert-OH is 1. The van der Waals surface area contributed by atoms with E-state index in [1.54, 1.807) is 0 Å². The van der Waals surface area contributed by atoms with E-state index in [0.717, 1.165) is 23.8 Å². The lowest BCUT2D eigenvalue weighted by Crippen LogP contribution is -2.39. The number of H-pyrrole nitrogens is 1. The zero-order valence-electron chi connectivity index (χ0n) is 12.3. The van der Waals surface area contributed by atoms with Crippen LogP contribution in [0.15, 0.2) is 24.3 Å². The molecule has 1 fully saturated rings. The lowest BCUT2D eigenvalue weighted by molar-refractivity contribution is -0.683. The Labute approximate surface area is 120 Å². The van der Waals surface area contributed by atoms with E-state index < -0.39 is 6.10 Å². The molecule has 1 saturated carbocycles. The highest BCUT2D eigenvalue weighted by molar-refractivity contribution is 5.71. The molecule has 0 saturated heterocycles. The highest BCUT2D eigenvalue weighted by Gasteiger charge is 2.23. The molecule has 20 heavy (non-hydrogen) atoms. The van der Waals surface area contributed by atoms with Crippen LogP contribution in [0.3, 0.4) is 0 Å². The Hall–Kier alpha value is -1.35. The molecule has 2 N–H and O–H groups in total. The van der Waals surface area contributed by atoms with Crippen molar-refractivity contribution in [1.82, 2.24) is 4.98 Å². The predicted molar refractivity (Wildman–Crippen MR) is 80.3 cm³/mol. The molecule has 1 heterocycles. The summed E-state index contributed by atoms with van der Waals surface area (Å²) in [4.78, 5) is 3.36. The first-order valence-corrected chi connectivity index (χ1v) is 7.94. The van der Waals surface area contributed by atoms with Gasteiger partial charge in [0.15, 0.2) is 17.1 Å². The SMILES string of the molecule is CC(O)c1[nH]c2ccccc2[n+]1CCC1CCCCC1. The van der Waals surface area contributed by atoms with Crippen LogP contribution in [0.4, 0.5) is 0 Å². The number of nitrogens with zero attached hydrogens (tertiary/aromatic N) is 1. The summed E-state index contributed by atoms with van der Waals surface area (Å²) >= 11 is 0. The maximum Gasteiger partial charge on any atom is 0.284 e. The molecule has 3 nitrogen and oxygen atoms in total. The van der Waals surface area contributed by atoms with Crippen LogP contribution in [0.5, 0.6) is 0 Å².